The summed E-state index contributed by atoms with van der Waals surface area (Å²) in [6.07, 6.45) is -0.116. The minimum atomic E-state index is -3.38. The van der Waals surface area contributed by atoms with E-state index in [0.29, 0.717) is 86.9 Å². The van der Waals surface area contributed by atoms with Gasteiger partial charge in [0.1, 0.15) is 17.1 Å². The molecule has 0 N–H and O–H groups in total. The van der Waals surface area contributed by atoms with Gasteiger partial charge in [0.15, 0.2) is 11.5 Å². The van der Waals surface area contributed by atoms with Crippen LogP contribution in [0.1, 0.15) is 31.1 Å². The van der Waals surface area contributed by atoms with Gasteiger partial charge in [-0.3, -0.25) is 4.57 Å². The lowest BCUT2D eigenvalue weighted by Crippen LogP contribution is -2.42. The van der Waals surface area contributed by atoms with E-state index in [9.17, 15) is 17.2 Å². The van der Waals surface area contributed by atoms with Crippen LogP contribution in [0, 0.1) is 0 Å². The molecule has 1 aromatic carbocycles. The first-order valence-corrected chi connectivity index (χ1v) is 15.8. The molecular formula is C27H35F2N9O4S. The summed E-state index contributed by atoms with van der Waals surface area (Å²) in [4.78, 5) is 17.8. The van der Waals surface area contributed by atoms with Gasteiger partial charge in [-0.1, -0.05) is 6.07 Å². The van der Waals surface area contributed by atoms with E-state index in [0.717, 1.165) is 0 Å². The molecule has 0 saturated carbocycles. The van der Waals surface area contributed by atoms with Gasteiger partial charge in [0.25, 0.3) is 6.43 Å². The summed E-state index contributed by atoms with van der Waals surface area (Å²) in [5, 5.41) is 5.37. The van der Waals surface area contributed by atoms with Gasteiger partial charge in [0, 0.05) is 32.7 Å². The fraction of sp³-hybridized carbons (Fsp3) is 0.556. The van der Waals surface area contributed by atoms with Gasteiger partial charge in [0.05, 0.1) is 49.2 Å². The standard InChI is InChI=1S/C27H35F2N9O4S/c1-34(2)13-16-43(39,40)36-9-7-18(8-10-36)38-25-19(17-30-38)24(35-11-14-42-15-12-35)32-27(33-25)37-20-5-4-6-21(41-3)22(20)31-26(37)23(28)29/h4-6,17-18,23H,7-16H2,1-3H3. The summed E-state index contributed by atoms with van der Waals surface area (Å²) in [5.74, 6) is 0.554. The molecular weight excluding hydrogens is 584 g/mol. The van der Waals surface area contributed by atoms with Crippen molar-refractivity contribution in [1.82, 2.24) is 38.5 Å². The van der Waals surface area contributed by atoms with Crippen molar-refractivity contribution in [2.75, 3.05) is 77.8 Å². The van der Waals surface area contributed by atoms with Crippen molar-refractivity contribution < 1.29 is 26.7 Å². The van der Waals surface area contributed by atoms with E-state index in [-0.39, 0.29) is 23.3 Å². The Morgan fingerprint density at radius 2 is 1.84 bits per heavy atom. The summed E-state index contributed by atoms with van der Waals surface area (Å²) in [5.41, 5.74) is 1.17. The predicted octanol–water partition coefficient (Wildman–Crippen LogP) is 2.48. The van der Waals surface area contributed by atoms with Crippen molar-refractivity contribution in [2.45, 2.75) is 25.3 Å². The largest absolute Gasteiger partial charge is 0.494 e. The zero-order valence-electron chi connectivity index (χ0n) is 24.4. The smallest absolute Gasteiger partial charge is 0.296 e. The van der Waals surface area contributed by atoms with Gasteiger partial charge >= 0.3 is 0 Å². The minimum absolute atomic E-state index is 0.0468. The van der Waals surface area contributed by atoms with Crippen LogP contribution in [0.2, 0.25) is 0 Å². The van der Waals surface area contributed by atoms with Crippen molar-refractivity contribution in [1.29, 1.82) is 0 Å². The van der Waals surface area contributed by atoms with Crippen LogP contribution in [0.15, 0.2) is 24.4 Å². The number of methoxy groups -OCH3 is 1. The summed E-state index contributed by atoms with van der Waals surface area (Å²) in [6, 6.07) is 4.93. The van der Waals surface area contributed by atoms with E-state index in [4.69, 9.17) is 19.4 Å². The number of anilines is 1. The van der Waals surface area contributed by atoms with Crippen molar-refractivity contribution in [3.63, 3.8) is 0 Å². The molecule has 2 aliphatic rings. The van der Waals surface area contributed by atoms with Crippen LogP contribution < -0.4 is 9.64 Å². The number of halogens is 2. The molecule has 0 amide bonds. The van der Waals surface area contributed by atoms with Crippen LogP contribution >= 0.6 is 0 Å². The van der Waals surface area contributed by atoms with E-state index < -0.39 is 22.3 Å². The average Bonchev–Trinajstić information content (AvgIpc) is 3.62. The zero-order valence-corrected chi connectivity index (χ0v) is 25.2. The summed E-state index contributed by atoms with van der Waals surface area (Å²) >= 11 is 0. The number of alkyl halides is 2. The Hall–Kier alpha value is -3.47. The first kappa shape index (κ1) is 29.6. The second-order valence-corrected chi connectivity index (χ2v) is 13.0. The predicted molar refractivity (Wildman–Crippen MR) is 157 cm³/mol. The fourth-order valence-electron chi connectivity index (χ4n) is 5.69. The van der Waals surface area contributed by atoms with Crippen molar-refractivity contribution in [2.24, 2.45) is 0 Å². The number of rotatable bonds is 9. The Labute approximate surface area is 248 Å². The Morgan fingerprint density at radius 1 is 1.09 bits per heavy atom. The van der Waals surface area contributed by atoms with Crippen molar-refractivity contribution >= 4 is 37.9 Å². The van der Waals surface area contributed by atoms with Crippen molar-refractivity contribution in [3.8, 4) is 11.7 Å². The highest BCUT2D eigenvalue weighted by Crippen LogP contribution is 2.35. The third-order valence-corrected chi connectivity index (χ3v) is 9.83. The number of nitrogens with zero attached hydrogens (tertiary/aromatic N) is 9. The number of morpholine rings is 1. The van der Waals surface area contributed by atoms with E-state index in [1.54, 1.807) is 29.1 Å². The molecule has 5 heterocycles. The van der Waals surface area contributed by atoms with E-state index in [2.05, 4.69) is 10.1 Å². The molecule has 0 unspecified atom stereocenters. The lowest BCUT2D eigenvalue weighted by atomic mass is 10.1. The molecule has 2 saturated heterocycles. The second-order valence-electron chi connectivity index (χ2n) is 11.0. The average molecular weight is 620 g/mol. The minimum Gasteiger partial charge on any atom is -0.494 e. The van der Waals surface area contributed by atoms with Gasteiger partial charge in [0.2, 0.25) is 16.0 Å². The molecule has 232 valence electrons. The number of hydrogen-bond donors (Lipinski definition) is 0. The number of hydrogen-bond acceptors (Lipinski definition) is 10. The number of imidazole rings is 1. The highest BCUT2D eigenvalue weighted by molar-refractivity contribution is 7.89. The Bertz CT molecular complexity index is 1710. The molecule has 0 bridgehead atoms. The number of fused-ring (bicyclic) bond motifs is 2. The first-order valence-electron chi connectivity index (χ1n) is 14.2. The number of sulfonamides is 1. The molecule has 3 aromatic heterocycles. The molecule has 2 fully saturated rings. The molecule has 6 rings (SSSR count). The molecule has 0 radical (unpaired) electrons. The van der Waals surface area contributed by atoms with Gasteiger partial charge < -0.3 is 19.3 Å². The van der Waals surface area contributed by atoms with Gasteiger partial charge in [-0.05, 0) is 39.1 Å². The number of benzene rings is 1. The van der Waals surface area contributed by atoms with Crippen LogP contribution in [-0.2, 0) is 14.8 Å². The Balaban J connectivity index is 1.43. The van der Waals surface area contributed by atoms with Crippen LogP contribution in [0.3, 0.4) is 0 Å². The van der Waals surface area contributed by atoms with E-state index in [1.807, 2.05) is 23.9 Å². The number of para-hydroxylation sites is 1. The highest BCUT2D eigenvalue weighted by Gasteiger charge is 2.32. The van der Waals surface area contributed by atoms with Gasteiger partial charge in [-0.2, -0.15) is 15.1 Å². The number of aromatic nitrogens is 6. The van der Waals surface area contributed by atoms with Crippen molar-refractivity contribution in [3.05, 3.63) is 30.2 Å². The lowest BCUT2D eigenvalue weighted by Gasteiger charge is -2.32. The first-order chi connectivity index (χ1) is 20.7. The Morgan fingerprint density at radius 3 is 2.51 bits per heavy atom. The molecule has 43 heavy (non-hydrogen) atoms. The summed E-state index contributed by atoms with van der Waals surface area (Å²) in [7, 11) is 1.77. The zero-order chi connectivity index (χ0) is 30.3. The third kappa shape index (κ3) is 5.63. The van der Waals surface area contributed by atoms with Crippen LogP contribution in [0.4, 0.5) is 14.6 Å². The maximum Gasteiger partial charge on any atom is 0.296 e. The monoisotopic (exact) mass is 619 g/mol. The second kappa shape index (κ2) is 11.9. The quantitative estimate of drug-likeness (QED) is 0.276. The highest BCUT2D eigenvalue weighted by atomic mass is 32.2. The van der Waals surface area contributed by atoms with Gasteiger partial charge in [-0.25, -0.2) is 31.2 Å². The maximum atomic E-state index is 14.4. The van der Waals surface area contributed by atoms with Crippen LogP contribution in [-0.4, -0.2) is 120 Å². The molecule has 0 aliphatic carbocycles. The van der Waals surface area contributed by atoms with Gasteiger partial charge in [-0.15, -0.1) is 0 Å². The molecule has 0 atom stereocenters. The number of ether oxygens (including phenoxy) is 2. The normalized spacial score (nSPS) is 17.6. The molecule has 13 nitrogen and oxygen atoms in total. The third-order valence-electron chi connectivity index (χ3n) is 7.98. The molecule has 2 aliphatic heterocycles. The summed E-state index contributed by atoms with van der Waals surface area (Å²) < 4.78 is 70.2. The topological polar surface area (TPSA) is 124 Å². The maximum absolute atomic E-state index is 14.4. The fourth-order valence-corrected chi connectivity index (χ4v) is 7.31. The van der Waals surface area contributed by atoms with Crippen LogP contribution in [0.5, 0.6) is 5.75 Å². The van der Waals surface area contributed by atoms with E-state index >= 15 is 0 Å². The number of piperidine rings is 1. The van der Waals surface area contributed by atoms with E-state index in [1.165, 1.54) is 16.0 Å². The van der Waals surface area contributed by atoms with Crippen LogP contribution in [0.25, 0.3) is 28.0 Å². The summed E-state index contributed by atoms with van der Waals surface area (Å²) in [6.45, 7) is 3.31. The molecule has 0 spiro atoms. The SMILES string of the molecule is COc1cccc2c1nc(C(F)F)n2-c1nc(N2CCOCC2)c2cnn(C3CCN(S(=O)(=O)CCN(C)C)CC3)c2n1. The lowest BCUT2D eigenvalue weighted by molar-refractivity contribution is 0.122. The Kier molecular flexibility index (Phi) is 8.19. The molecule has 16 heteroatoms. The molecule has 4 aromatic rings.